The van der Waals surface area contributed by atoms with Crippen LogP contribution in [0.15, 0.2) is 22.6 Å². The summed E-state index contributed by atoms with van der Waals surface area (Å²) in [5.74, 6) is 2.17. The molecule has 0 bridgehead atoms. The van der Waals surface area contributed by atoms with Crippen LogP contribution in [0.3, 0.4) is 0 Å². The molecule has 128 valence electrons. The van der Waals surface area contributed by atoms with Gasteiger partial charge in [0.15, 0.2) is 6.10 Å². The molecule has 2 N–H and O–H groups in total. The molecule has 3 rings (SSSR count). The Hall–Kier alpha value is -2.57. The Morgan fingerprint density at radius 1 is 1.29 bits per heavy atom. The van der Waals surface area contributed by atoms with Gasteiger partial charge in [-0.05, 0) is 38.0 Å². The molecule has 2 atom stereocenters. The van der Waals surface area contributed by atoms with Crippen LogP contribution in [0.2, 0.25) is 0 Å². The Kier molecular flexibility index (Phi) is 4.42. The van der Waals surface area contributed by atoms with Crippen molar-refractivity contribution in [1.82, 2.24) is 10.2 Å². The molecule has 2 unspecified atom stereocenters. The quantitative estimate of drug-likeness (QED) is 0.875. The van der Waals surface area contributed by atoms with Gasteiger partial charge in [0.05, 0.1) is 5.69 Å². The van der Waals surface area contributed by atoms with E-state index < -0.39 is 6.10 Å². The second-order valence-corrected chi connectivity index (χ2v) is 6.46. The van der Waals surface area contributed by atoms with E-state index in [-0.39, 0.29) is 11.9 Å². The van der Waals surface area contributed by atoms with Gasteiger partial charge >= 0.3 is 0 Å². The molecule has 0 fully saturated rings. The first-order valence-electron chi connectivity index (χ1n) is 8.12. The summed E-state index contributed by atoms with van der Waals surface area (Å²) in [4.78, 5) is 11.7. The number of carbonyl (C=O) groups excluding carboxylic acids is 1. The molecule has 1 aromatic heterocycles. The lowest BCUT2D eigenvalue weighted by molar-refractivity contribution is -0.122. The third-order valence-corrected chi connectivity index (χ3v) is 3.73. The molecule has 7 nitrogen and oxygen atoms in total. The maximum Gasteiger partial charge on any atom is 0.265 e. The Morgan fingerprint density at radius 3 is 2.83 bits per heavy atom. The molecule has 0 saturated carbocycles. The molecule has 1 aliphatic rings. The zero-order chi connectivity index (χ0) is 17.3. The molecule has 2 heterocycles. The maximum absolute atomic E-state index is 11.7. The highest BCUT2D eigenvalue weighted by Gasteiger charge is 2.24. The number of hydrogen-bond donors (Lipinski definition) is 2. The average Bonchev–Trinajstić information content (AvgIpc) is 2.96. The van der Waals surface area contributed by atoms with E-state index in [1.807, 2.05) is 25.1 Å². The van der Waals surface area contributed by atoms with Gasteiger partial charge in [0, 0.05) is 12.1 Å². The zero-order valence-electron chi connectivity index (χ0n) is 14.3. The van der Waals surface area contributed by atoms with Crippen LogP contribution < -0.4 is 15.4 Å². The molecule has 1 aromatic carbocycles. The fourth-order valence-electron chi connectivity index (χ4n) is 2.48. The van der Waals surface area contributed by atoms with Crippen LogP contribution in [-0.2, 0) is 11.2 Å². The van der Waals surface area contributed by atoms with Gasteiger partial charge in [-0.15, -0.1) is 10.2 Å². The molecule has 7 heteroatoms. The summed E-state index contributed by atoms with van der Waals surface area (Å²) in [6.45, 7) is 7.88. The highest BCUT2D eigenvalue weighted by atomic mass is 16.5. The first kappa shape index (κ1) is 16.3. The van der Waals surface area contributed by atoms with Gasteiger partial charge in [0.1, 0.15) is 11.8 Å². The van der Waals surface area contributed by atoms with Gasteiger partial charge in [-0.25, -0.2) is 0 Å². The van der Waals surface area contributed by atoms with Crippen molar-refractivity contribution in [3.63, 3.8) is 0 Å². The molecule has 0 aliphatic carbocycles. The summed E-state index contributed by atoms with van der Waals surface area (Å²) in [5, 5.41) is 14.3. The Balaban J connectivity index is 1.71. The SMILES string of the molecule is CC(C)Cc1nnc(C(C)Nc2ccc3c(c2)NC(=O)C(C)O3)o1. The number of nitrogens with one attached hydrogen (secondary N) is 2. The van der Waals surface area contributed by atoms with Gasteiger partial charge in [0.2, 0.25) is 11.8 Å². The largest absolute Gasteiger partial charge is 0.479 e. The second kappa shape index (κ2) is 6.51. The number of carbonyl (C=O) groups is 1. The number of nitrogens with zero attached hydrogens (tertiary/aromatic N) is 2. The van der Waals surface area contributed by atoms with E-state index in [1.165, 1.54) is 0 Å². The predicted octanol–water partition coefficient (Wildman–Crippen LogP) is 3.16. The standard InChI is InChI=1S/C17H22N4O3/c1-9(2)7-15-20-21-17(24-15)10(3)18-12-5-6-14-13(8-12)19-16(22)11(4)23-14/h5-6,8-11,18H,7H2,1-4H3,(H,19,22). The zero-order valence-corrected chi connectivity index (χ0v) is 14.3. The van der Waals surface area contributed by atoms with Gasteiger partial charge in [-0.1, -0.05) is 13.8 Å². The van der Waals surface area contributed by atoms with E-state index in [2.05, 4.69) is 34.7 Å². The van der Waals surface area contributed by atoms with E-state index in [0.717, 1.165) is 12.1 Å². The fraction of sp³-hybridized carbons (Fsp3) is 0.471. The van der Waals surface area contributed by atoms with Crippen molar-refractivity contribution in [3.8, 4) is 5.75 Å². The third-order valence-electron chi connectivity index (χ3n) is 3.73. The lowest BCUT2D eigenvalue weighted by atomic mass is 10.1. The monoisotopic (exact) mass is 330 g/mol. The molecular formula is C17H22N4O3. The van der Waals surface area contributed by atoms with Crippen molar-refractivity contribution >= 4 is 17.3 Å². The van der Waals surface area contributed by atoms with Crippen LogP contribution in [-0.4, -0.2) is 22.2 Å². The fourth-order valence-corrected chi connectivity index (χ4v) is 2.48. The number of amides is 1. The predicted molar refractivity (Wildman–Crippen MR) is 90.0 cm³/mol. The van der Waals surface area contributed by atoms with Crippen LogP contribution in [0, 0.1) is 5.92 Å². The minimum absolute atomic E-state index is 0.143. The van der Waals surface area contributed by atoms with Crippen molar-refractivity contribution in [2.45, 2.75) is 46.3 Å². The minimum Gasteiger partial charge on any atom is -0.479 e. The summed E-state index contributed by atoms with van der Waals surface area (Å²) in [6, 6.07) is 5.42. The number of fused-ring (bicyclic) bond motifs is 1. The highest BCUT2D eigenvalue weighted by Crippen LogP contribution is 2.33. The van der Waals surface area contributed by atoms with E-state index in [4.69, 9.17) is 9.15 Å². The first-order chi connectivity index (χ1) is 11.4. The summed E-state index contributed by atoms with van der Waals surface area (Å²) >= 11 is 0. The van der Waals surface area contributed by atoms with Crippen LogP contribution in [0.25, 0.3) is 0 Å². The number of hydrogen-bond acceptors (Lipinski definition) is 6. The minimum atomic E-state index is -0.479. The number of rotatable bonds is 5. The second-order valence-electron chi connectivity index (χ2n) is 6.46. The van der Waals surface area contributed by atoms with E-state index in [1.54, 1.807) is 6.92 Å². The molecule has 0 radical (unpaired) electrons. The number of ether oxygens (including phenoxy) is 1. The molecular weight excluding hydrogens is 308 g/mol. The summed E-state index contributed by atoms with van der Waals surface area (Å²) in [5.41, 5.74) is 1.49. The summed E-state index contributed by atoms with van der Waals surface area (Å²) in [7, 11) is 0. The lowest BCUT2D eigenvalue weighted by Gasteiger charge is -2.24. The van der Waals surface area contributed by atoms with Crippen LogP contribution in [0.5, 0.6) is 5.75 Å². The number of anilines is 2. The van der Waals surface area contributed by atoms with Gasteiger partial charge < -0.3 is 19.8 Å². The number of aromatic nitrogens is 2. The van der Waals surface area contributed by atoms with Crippen LogP contribution in [0.4, 0.5) is 11.4 Å². The summed E-state index contributed by atoms with van der Waals surface area (Å²) < 4.78 is 11.2. The Bertz CT molecular complexity index is 741. The van der Waals surface area contributed by atoms with Crippen molar-refractivity contribution in [1.29, 1.82) is 0 Å². The summed E-state index contributed by atoms with van der Waals surface area (Å²) in [6.07, 6.45) is 0.285. The van der Waals surface area contributed by atoms with Gasteiger partial charge in [-0.3, -0.25) is 4.79 Å². The van der Waals surface area contributed by atoms with E-state index in [0.29, 0.717) is 29.1 Å². The Labute approximate surface area is 140 Å². The van der Waals surface area contributed by atoms with Crippen molar-refractivity contribution in [3.05, 3.63) is 30.0 Å². The first-order valence-corrected chi connectivity index (χ1v) is 8.12. The maximum atomic E-state index is 11.7. The van der Waals surface area contributed by atoms with Crippen LogP contribution in [0.1, 0.15) is 45.5 Å². The molecule has 0 spiro atoms. The van der Waals surface area contributed by atoms with Crippen molar-refractivity contribution in [2.75, 3.05) is 10.6 Å². The van der Waals surface area contributed by atoms with E-state index in [9.17, 15) is 4.79 Å². The third kappa shape index (κ3) is 3.50. The average molecular weight is 330 g/mol. The molecule has 1 aliphatic heterocycles. The molecule has 24 heavy (non-hydrogen) atoms. The van der Waals surface area contributed by atoms with Crippen molar-refractivity contribution in [2.24, 2.45) is 5.92 Å². The molecule has 0 saturated heterocycles. The topological polar surface area (TPSA) is 89.3 Å². The number of benzene rings is 1. The lowest BCUT2D eigenvalue weighted by Crippen LogP contribution is -2.34. The molecule has 1 amide bonds. The van der Waals surface area contributed by atoms with Crippen molar-refractivity contribution < 1.29 is 13.9 Å². The van der Waals surface area contributed by atoms with E-state index >= 15 is 0 Å². The normalized spacial score (nSPS) is 17.9. The van der Waals surface area contributed by atoms with Gasteiger partial charge in [0.25, 0.3) is 5.91 Å². The van der Waals surface area contributed by atoms with Gasteiger partial charge in [-0.2, -0.15) is 0 Å². The van der Waals surface area contributed by atoms with Crippen LogP contribution >= 0.6 is 0 Å². The molecule has 2 aromatic rings. The Morgan fingerprint density at radius 2 is 2.08 bits per heavy atom. The smallest absolute Gasteiger partial charge is 0.265 e. The highest BCUT2D eigenvalue weighted by molar-refractivity contribution is 5.98.